The molecule has 0 saturated carbocycles. The molecule has 0 radical (unpaired) electrons. The normalized spacial score (nSPS) is 12.6. The fourth-order valence-corrected chi connectivity index (χ4v) is 3.93. The molecule has 3 nitrogen and oxygen atoms in total. The van der Waals surface area contributed by atoms with E-state index in [9.17, 15) is 0 Å². The van der Waals surface area contributed by atoms with Crippen molar-refractivity contribution in [3.63, 3.8) is 0 Å². The van der Waals surface area contributed by atoms with Crippen molar-refractivity contribution in [1.82, 2.24) is 9.36 Å². The average molecular weight is 358 g/mol. The van der Waals surface area contributed by atoms with Crippen molar-refractivity contribution in [2.75, 3.05) is 0 Å². The minimum Gasteiger partial charge on any atom is -0.327 e. The van der Waals surface area contributed by atoms with E-state index in [2.05, 4.69) is 50.4 Å². The fraction of sp³-hybridized carbons (Fsp3) is 0.385. The zero-order chi connectivity index (χ0) is 13.8. The highest BCUT2D eigenvalue weighted by molar-refractivity contribution is 9.10. The van der Waals surface area contributed by atoms with Gasteiger partial charge in [0.15, 0.2) is 4.34 Å². The van der Waals surface area contributed by atoms with Crippen LogP contribution < -0.4 is 5.73 Å². The second-order valence-electron chi connectivity index (χ2n) is 4.33. The Balaban J connectivity index is 2.24. The van der Waals surface area contributed by atoms with Crippen molar-refractivity contribution >= 4 is 39.2 Å². The molecule has 0 aliphatic carbocycles. The van der Waals surface area contributed by atoms with Crippen LogP contribution in [0, 0.1) is 6.92 Å². The third-order valence-corrected chi connectivity index (χ3v) is 5.18. The molecule has 1 atom stereocenters. The van der Waals surface area contributed by atoms with Gasteiger partial charge in [0.2, 0.25) is 0 Å². The largest absolute Gasteiger partial charge is 0.327 e. The van der Waals surface area contributed by atoms with Crippen LogP contribution in [-0.4, -0.2) is 15.4 Å². The van der Waals surface area contributed by atoms with Crippen molar-refractivity contribution in [1.29, 1.82) is 0 Å². The Morgan fingerprint density at radius 1 is 1.47 bits per heavy atom. The van der Waals surface area contributed by atoms with Gasteiger partial charge in [0, 0.05) is 15.4 Å². The van der Waals surface area contributed by atoms with Gasteiger partial charge in [-0.15, -0.1) is 0 Å². The van der Waals surface area contributed by atoms with Gasteiger partial charge in [-0.1, -0.05) is 40.7 Å². The van der Waals surface area contributed by atoms with Crippen molar-refractivity contribution in [2.24, 2.45) is 5.73 Å². The molecule has 0 fully saturated rings. The quantitative estimate of drug-likeness (QED) is 0.876. The van der Waals surface area contributed by atoms with Crippen molar-refractivity contribution in [2.45, 2.75) is 42.0 Å². The summed E-state index contributed by atoms with van der Waals surface area (Å²) in [6.45, 7) is 4.03. The number of nitrogens with two attached hydrogens (primary N) is 1. The molecule has 1 unspecified atom stereocenters. The number of benzene rings is 1. The van der Waals surface area contributed by atoms with Crippen LogP contribution in [0.25, 0.3) is 0 Å². The molecule has 0 saturated heterocycles. The molecule has 1 aromatic heterocycles. The first-order chi connectivity index (χ1) is 9.08. The Morgan fingerprint density at radius 2 is 2.26 bits per heavy atom. The lowest BCUT2D eigenvalue weighted by Gasteiger charge is -2.12. The predicted octanol–water partition coefficient (Wildman–Crippen LogP) is 4.04. The number of aryl methyl sites for hydroxylation is 1. The van der Waals surface area contributed by atoms with Crippen LogP contribution in [0.3, 0.4) is 0 Å². The van der Waals surface area contributed by atoms with E-state index in [1.807, 2.05) is 6.92 Å². The number of rotatable bonds is 5. The number of hydrogen-bond acceptors (Lipinski definition) is 5. The smallest absolute Gasteiger partial charge is 0.174 e. The monoisotopic (exact) mass is 357 g/mol. The molecule has 1 aromatic carbocycles. The second kappa shape index (κ2) is 6.83. The molecule has 0 aliphatic rings. The third kappa shape index (κ3) is 4.27. The predicted molar refractivity (Wildman–Crippen MR) is 84.9 cm³/mol. The number of halogens is 1. The van der Waals surface area contributed by atoms with Crippen molar-refractivity contribution in [3.8, 4) is 0 Å². The average Bonchev–Trinajstić information content (AvgIpc) is 2.78. The fourth-order valence-electron chi connectivity index (χ4n) is 1.63. The van der Waals surface area contributed by atoms with Crippen LogP contribution >= 0.6 is 39.2 Å². The van der Waals surface area contributed by atoms with Gasteiger partial charge in [-0.05, 0) is 49.0 Å². The molecule has 19 heavy (non-hydrogen) atoms. The summed E-state index contributed by atoms with van der Waals surface area (Å²) in [6, 6.07) is 6.53. The highest BCUT2D eigenvalue weighted by Gasteiger charge is 2.11. The Labute approximate surface area is 130 Å². The third-order valence-electron chi connectivity index (χ3n) is 2.74. The maximum atomic E-state index is 6.06. The second-order valence-corrected chi connectivity index (χ2v) is 7.29. The topological polar surface area (TPSA) is 51.8 Å². The summed E-state index contributed by atoms with van der Waals surface area (Å²) in [5.74, 6) is 0.828. The molecule has 6 heteroatoms. The van der Waals surface area contributed by atoms with Crippen LogP contribution in [0.15, 0.2) is 31.9 Å². The number of hydrogen-bond donors (Lipinski definition) is 1. The summed E-state index contributed by atoms with van der Waals surface area (Å²) in [6.07, 6.45) is 1.88. The van der Waals surface area contributed by atoms with Gasteiger partial charge < -0.3 is 5.73 Å². The summed E-state index contributed by atoms with van der Waals surface area (Å²) in [5, 5.41) is 0. The minimum atomic E-state index is 0.205. The molecule has 2 N–H and O–H groups in total. The minimum absolute atomic E-state index is 0.205. The molecule has 0 spiro atoms. The zero-order valence-electron chi connectivity index (χ0n) is 10.9. The Hall–Kier alpha value is -0.430. The molecule has 2 aromatic rings. The summed E-state index contributed by atoms with van der Waals surface area (Å²) in [5.41, 5.74) is 7.34. The lowest BCUT2D eigenvalue weighted by molar-refractivity contribution is 0.641. The molecule has 2 rings (SSSR count). The first-order valence-electron chi connectivity index (χ1n) is 6.10. The molecule has 0 aliphatic heterocycles. The van der Waals surface area contributed by atoms with Gasteiger partial charge in [-0.25, -0.2) is 4.98 Å². The van der Waals surface area contributed by atoms with E-state index < -0.39 is 0 Å². The van der Waals surface area contributed by atoms with E-state index in [1.165, 1.54) is 22.0 Å². The summed E-state index contributed by atoms with van der Waals surface area (Å²) >= 11 is 6.62. The van der Waals surface area contributed by atoms with E-state index in [4.69, 9.17) is 5.73 Å². The van der Waals surface area contributed by atoms with Gasteiger partial charge in [-0.3, -0.25) is 0 Å². The molecule has 0 bridgehead atoms. The SMILES string of the molecule is CCC(N)Cc1ccc(Br)cc1Sc1nc(C)ns1. The maximum Gasteiger partial charge on any atom is 0.174 e. The van der Waals surface area contributed by atoms with E-state index in [-0.39, 0.29) is 6.04 Å². The first kappa shape index (κ1) is 15.0. The van der Waals surface area contributed by atoms with Gasteiger partial charge in [0.05, 0.1) is 0 Å². The van der Waals surface area contributed by atoms with E-state index >= 15 is 0 Å². The number of nitrogens with zero attached hydrogens (tertiary/aromatic N) is 2. The molecular weight excluding hydrogens is 342 g/mol. The molecule has 102 valence electrons. The highest BCUT2D eigenvalue weighted by Crippen LogP contribution is 2.34. The lowest BCUT2D eigenvalue weighted by Crippen LogP contribution is -2.21. The van der Waals surface area contributed by atoms with Gasteiger partial charge in [0.25, 0.3) is 0 Å². The Morgan fingerprint density at radius 3 is 2.89 bits per heavy atom. The molecule has 0 amide bonds. The lowest BCUT2D eigenvalue weighted by atomic mass is 10.1. The van der Waals surface area contributed by atoms with Gasteiger partial charge >= 0.3 is 0 Å². The van der Waals surface area contributed by atoms with E-state index in [0.717, 1.165) is 27.5 Å². The summed E-state index contributed by atoms with van der Waals surface area (Å²) < 4.78 is 6.26. The Kier molecular flexibility index (Phi) is 5.38. The Bertz CT molecular complexity index is 557. The first-order valence-corrected chi connectivity index (χ1v) is 8.49. The van der Waals surface area contributed by atoms with Crippen molar-refractivity contribution < 1.29 is 0 Å². The van der Waals surface area contributed by atoms with E-state index in [0.29, 0.717) is 0 Å². The highest BCUT2D eigenvalue weighted by atomic mass is 79.9. The van der Waals surface area contributed by atoms with Crippen LogP contribution in [-0.2, 0) is 6.42 Å². The molecule has 1 heterocycles. The van der Waals surface area contributed by atoms with E-state index in [1.54, 1.807) is 11.8 Å². The van der Waals surface area contributed by atoms with Crippen molar-refractivity contribution in [3.05, 3.63) is 34.1 Å². The maximum absolute atomic E-state index is 6.06. The number of aromatic nitrogens is 2. The standard InChI is InChI=1S/C13H16BrN3S2/c1-3-11(15)6-9-4-5-10(14)7-12(9)18-13-16-8(2)17-19-13/h4-5,7,11H,3,6,15H2,1-2H3. The van der Waals surface area contributed by atoms with Crippen LogP contribution in [0.2, 0.25) is 0 Å². The summed E-state index contributed by atoms with van der Waals surface area (Å²) in [4.78, 5) is 5.60. The summed E-state index contributed by atoms with van der Waals surface area (Å²) in [7, 11) is 0. The van der Waals surface area contributed by atoms with Crippen LogP contribution in [0.4, 0.5) is 0 Å². The van der Waals surface area contributed by atoms with Crippen LogP contribution in [0.1, 0.15) is 24.7 Å². The molecular formula is C13H16BrN3S2. The zero-order valence-corrected chi connectivity index (χ0v) is 14.1. The van der Waals surface area contributed by atoms with Gasteiger partial charge in [0.1, 0.15) is 5.82 Å². The van der Waals surface area contributed by atoms with Gasteiger partial charge in [-0.2, -0.15) is 4.37 Å². The van der Waals surface area contributed by atoms with Crippen LogP contribution in [0.5, 0.6) is 0 Å².